The van der Waals surface area contributed by atoms with Gasteiger partial charge in [0.15, 0.2) is 0 Å². The summed E-state index contributed by atoms with van der Waals surface area (Å²) in [5.41, 5.74) is 7.18. The standard InChI is InChI=1S/C34H40NOP/c1-5-21-34(6-2,37-32-20-14-13-19-31(32)35(3)4)30-25-28(22-26-15-9-7-10-16-26)24-29(33(30)36)23-27-17-11-8-12-18-27/h7-20,24-25,36-37H,5-6,21-23H2,1-4H3. The molecule has 37 heavy (non-hydrogen) atoms. The van der Waals surface area contributed by atoms with Gasteiger partial charge in [0.2, 0.25) is 0 Å². The van der Waals surface area contributed by atoms with Gasteiger partial charge in [-0.25, -0.2) is 0 Å². The minimum absolute atomic E-state index is 0.122. The van der Waals surface area contributed by atoms with Crippen LogP contribution in [0.1, 0.15) is 60.9 Å². The van der Waals surface area contributed by atoms with Crippen LogP contribution in [0.4, 0.5) is 5.69 Å². The van der Waals surface area contributed by atoms with E-state index < -0.39 is 0 Å². The molecule has 192 valence electrons. The maximum Gasteiger partial charge on any atom is 0.123 e. The number of para-hydroxylation sites is 1. The maximum absolute atomic E-state index is 11.9. The van der Waals surface area contributed by atoms with Crippen LogP contribution in [-0.2, 0) is 18.0 Å². The summed E-state index contributed by atoms with van der Waals surface area (Å²) in [6.45, 7) is 4.56. The van der Waals surface area contributed by atoms with Crippen LogP contribution in [0, 0.1) is 0 Å². The number of nitrogens with zero attached hydrogens (tertiary/aromatic N) is 1. The third-order valence-corrected chi connectivity index (χ3v) is 9.34. The van der Waals surface area contributed by atoms with Crippen LogP contribution in [0.15, 0.2) is 97.1 Å². The van der Waals surface area contributed by atoms with Crippen LogP contribution in [-0.4, -0.2) is 19.2 Å². The molecular formula is C34H40NOP. The first-order valence-electron chi connectivity index (χ1n) is 13.4. The van der Waals surface area contributed by atoms with Crippen molar-refractivity contribution in [3.63, 3.8) is 0 Å². The number of rotatable bonds is 11. The van der Waals surface area contributed by atoms with Gasteiger partial charge in [0.05, 0.1) is 0 Å². The van der Waals surface area contributed by atoms with E-state index in [2.05, 4.69) is 124 Å². The zero-order chi connectivity index (χ0) is 26.3. The number of anilines is 1. The Kier molecular flexibility index (Phi) is 9.06. The summed E-state index contributed by atoms with van der Waals surface area (Å²) in [5, 5.41) is 13.1. The molecule has 0 saturated carbocycles. The van der Waals surface area contributed by atoms with E-state index in [-0.39, 0.29) is 5.16 Å². The van der Waals surface area contributed by atoms with Crippen molar-refractivity contribution in [2.24, 2.45) is 0 Å². The lowest BCUT2D eigenvalue weighted by molar-refractivity contribution is 0.437. The summed E-state index contributed by atoms with van der Waals surface area (Å²) in [5.74, 6) is 0.478. The molecule has 0 aliphatic carbocycles. The molecule has 4 aromatic carbocycles. The highest BCUT2D eigenvalue weighted by molar-refractivity contribution is 7.49. The molecule has 0 aliphatic heterocycles. The van der Waals surface area contributed by atoms with Gasteiger partial charge < -0.3 is 10.0 Å². The Labute approximate surface area is 225 Å². The molecule has 4 aromatic rings. The molecule has 0 heterocycles. The van der Waals surface area contributed by atoms with Crippen LogP contribution in [0.3, 0.4) is 0 Å². The van der Waals surface area contributed by atoms with Gasteiger partial charge in [-0.2, -0.15) is 0 Å². The summed E-state index contributed by atoms with van der Waals surface area (Å²) >= 11 is 0. The second kappa shape index (κ2) is 12.4. The van der Waals surface area contributed by atoms with E-state index in [1.54, 1.807) is 0 Å². The van der Waals surface area contributed by atoms with Crippen molar-refractivity contribution in [2.75, 3.05) is 19.0 Å². The number of hydrogen-bond donors (Lipinski definition) is 1. The first-order chi connectivity index (χ1) is 18.0. The van der Waals surface area contributed by atoms with Crippen molar-refractivity contribution >= 4 is 19.6 Å². The molecule has 0 spiro atoms. The van der Waals surface area contributed by atoms with Crippen molar-refractivity contribution in [2.45, 2.75) is 51.1 Å². The first-order valence-corrected chi connectivity index (χ1v) is 14.4. The van der Waals surface area contributed by atoms with E-state index in [4.69, 9.17) is 0 Å². The van der Waals surface area contributed by atoms with Crippen LogP contribution < -0.4 is 10.2 Å². The van der Waals surface area contributed by atoms with E-state index in [1.807, 2.05) is 6.07 Å². The Morgan fingerprint density at radius 3 is 1.92 bits per heavy atom. The molecular weight excluding hydrogens is 469 g/mol. The summed E-state index contributed by atoms with van der Waals surface area (Å²) in [4.78, 5) is 2.21. The van der Waals surface area contributed by atoms with Gasteiger partial charge in [-0.15, -0.1) is 0 Å². The topological polar surface area (TPSA) is 23.5 Å². The second-order valence-corrected chi connectivity index (χ2v) is 11.9. The molecule has 0 bridgehead atoms. The summed E-state index contributed by atoms with van der Waals surface area (Å²) in [6.07, 6.45) is 4.68. The minimum Gasteiger partial charge on any atom is -0.507 e. The van der Waals surface area contributed by atoms with Gasteiger partial charge in [0.25, 0.3) is 0 Å². The molecule has 0 aliphatic rings. The third kappa shape index (κ3) is 6.43. The van der Waals surface area contributed by atoms with Crippen molar-refractivity contribution in [1.82, 2.24) is 0 Å². The highest BCUT2D eigenvalue weighted by atomic mass is 31.1. The highest BCUT2D eigenvalue weighted by Crippen LogP contribution is 2.52. The van der Waals surface area contributed by atoms with Crippen LogP contribution in [0.25, 0.3) is 0 Å². The predicted octanol–water partition coefficient (Wildman–Crippen LogP) is 8.05. The molecule has 2 atom stereocenters. The molecule has 0 fully saturated rings. The average molecular weight is 510 g/mol. The monoisotopic (exact) mass is 509 g/mol. The van der Waals surface area contributed by atoms with E-state index >= 15 is 0 Å². The van der Waals surface area contributed by atoms with E-state index in [0.29, 0.717) is 14.3 Å². The number of phenols is 1. The Hall–Kier alpha value is -3.09. The van der Waals surface area contributed by atoms with Gasteiger partial charge >= 0.3 is 0 Å². The SMILES string of the molecule is CCCC(CC)(Pc1ccccc1N(C)C)c1cc(Cc2ccccc2)cc(Cc2ccccc2)c1O. The van der Waals surface area contributed by atoms with Crippen LogP contribution in [0.2, 0.25) is 0 Å². The number of phenolic OH excluding ortho intramolecular Hbond substituents is 1. The normalized spacial score (nSPS) is 13.1. The molecule has 0 aromatic heterocycles. The Balaban J connectivity index is 1.86. The van der Waals surface area contributed by atoms with Gasteiger partial charge in [-0.1, -0.05) is 120 Å². The molecule has 4 rings (SSSR count). The average Bonchev–Trinajstić information content (AvgIpc) is 2.91. The lowest BCUT2D eigenvalue weighted by Gasteiger charge is -2.36. The van der Waals surface area contributed by atoms with Gasteiger partial charge in [0, 0.05) is 36.9 Å². The summed E-state index contributed by atoms with van der Waals surface area (Å²) in [7, 11) is 4.80. The molecule has 3 heteroatoms. The maximum atomic E-state index is 11.9. The summed E-state index contributed by atoms with van der Waals surface area (Å²) in [6, 6.07) is 34.4. The quantitative estimate of drug-likeness (QED) is 0.207. The Morgan fingerprint density at radius 2 is 1.32 bits per heavy atom. The van der Waals surface area contributed by atoms with Gasteiger partial charge in [-0.3, -0.25) is 0 Å². The lowest BCUT2D eigenvalue weighted by atomic mass is 9.85. The zero-order valence-corrected chi connectivity index (χ0v) is 23.7. The highest BCUT2D eigenvalue weighted by Gasteiger charge is 2.34. The molecule has 0 amide bonds. The van der Waals surface area contributed by atoms with Gasteiger partial charge in [0.1, 0.15) is 5.75 Å². The first kappa shape index (κ1) is 27.0. The Bertz CT molecular complexity index is 1290. The Morgan fingerprint density at radius 1 is 0.730 bits per heavy atom. The number of aromatic hydroxyl groups is 1. The van der Waals surface area contributed by atoms with E-state index in [1.165, 1.54) is 27.7 Å². The lowest BCUT2D eigenvalue weighted by Crippen LogP contribution is -2.26. The predicted molar refractivity (Wildman–Crippen MR) is 162 cm³/mol. The fraction of sp³-hybridized carbons (Fsp3) is 0.294. The number of benzene rings is 4. The molecule has 0 saturated heterocycles. The van der Waals surface area contributed by atoms with Crippen molar-refractivity contribution in [3.8, 4) is 5.75 Å². The van der Waals surface area contributed by atoms with E-state index in [0.717, 1.165) is 43.2 Å². The minimum atomic E-state index is -0.122. The second-order valence-electron chi connectivity index (χ2n) is 10.2. The van der Waals surface area contributed by atoms with Crippen molar-refractivity contribution < 1.29 is 5.11 Å². The molecule has 1 N–H and O–H groups in total. The number of hydrogen-bond acceptors (Lipinski definition) is 2. The largest absolute Gasteiger partial charge is 0.507 e. The third-order valence-electron chi connectivity index (χ3n) is 7.29. The molecule has 0 radical (unpaired) electrons. The van der Waals surface area contributed by atoms with Gasteiger partial charge in [-0.05, 0) is 52.9 Å². The molecule has 2 unspecified atom stereocenters. The van der Waals surface area contributed by atoms with Crippen LogP contribution in [0.5, 0.6) is 5.75 Å². The van der Waals surface area contributed by atoms with Crippen molar-refractivity contribution in [1.29, 1.82) is 0 Å². The zero-order valence-electron chi connectivity index (χ0n) is 22.7. The smallest absolute Gasteiger partial charge is 0.123 e. The fourth-order valence-electron chi connectivity index (χ4n) is 5.38. The molecule has 2 nitrogen and oxygen atoms in total. The van der Waals surface area contributed by atoms with E-state index in [9.17, 15) is 5.11 Å². The van der Waals surface area contributed by atoms with Crippen molar-refractivity contribution in [3.05, 3.63) is 125 Å². The van der Waals surface area contributed by atoms with Crippen LogP contribution >= 0.6 is 8.58 Å². The summed E-state index contributed by atoms with van der Waals surface area (Å²) < 4.78 is 0. The fourth-order valence-corrected chi connectivity index (χ4v) is 7.39.